The molecule has 1 heterocycles. The van der Waals surface area contributed by atoms with E-state index in [0.29, 0.717) is 17.0 Å². The molecule has 0 aromatic heterocycles. The van der Waals surface area contributed by atoms with Crippen molar-refractivity contribution in [3.8, 4) is 5.75 Å². The summed E-state index contributed by atoms with van der Waals surface area (Å²) in [4.78, 5) is 14.6. The number of methoxy groups -OCH3 is 1. The Kier molecular flexibility index (Phi) is 4.30. The first-order chi connectivity index (χ1) is 9.15. The van der Waals surface area contributed by atoms with Crippen molar-refractivity contribution in [2.24, 2.45) is 0 Å². The maximum absolute atomic E-state index is 12.6. The van der Waals surface area contributed by atoms with Crippen LogP contribution in [0.4, 0.5) is 5.69 Å². The molecule has 0 radical (unpaired) electrons. The number of benzene rings is 1. The highest BCUT2D eigenvalue weighted by atomic mass is 16.5. The highest BCUT2D eigenvalue weighted by molar-refractivity contribution is 6.00. The standard InChI is InChI=1S/C15H22N2O2/c1-11-7-4-3-5-10-17(11)15(18)12-8-6-9-13(19-2)14(12)16/h6,8-9,11H,3-5,7,10,16H2,1-2H3. The van der Waals surface area contributed by atoms with Crippen LogP contribution in [-0.2, 0) is 0 Å². The third-order valence-corrected chi connectivity index (χ3v) is 3.83. The molecule has 1 saturated heterocycles. The Morgan fingerprint density at radius 3 is 2.89 bits per heavy atom. The number of likely N-dealkylation sites (tertiary alicyclic amines) is 1. The molecule has 2 rings (SSSR count). The van der Waals surface area contributed by atoms with E-state index in [0.717, 1.165) is 19.4 Å². The van der Waals surface area contributed by atoms with Gasteiger partial charge in [-0.3, -0.25) is 4.79 Å². The minimum absolute atomic E-state index is 0.0193. The van der Waals surface area contributed by atoms with Crippen LogP contribution >= 0.6 is 0 Å². The van der Waals surface area contributed by atoms with Gasteiger partial charge in [0.1, 0.15) is 5.75 Å². The largest absolute Gasteiger partial charge is 0.495 e. The van der Waals surface area contributed by atoms with E-state index in [1.54, 1.807) is 19.2 Å². The molecule has 19 heavy (non-hydrogen) atoms. The molecule has 1 aromatic carbocycles. The summed E-state index contributed by atoms with van der Waals surface area (Å²) in [6, 6.07) is 5.64. The van der Waals surface area contributed by atoms with Crippen molar-refractivity contribution in [3.05, 3.63) is 23.8 Å². The molecule has 1 amide bonds. The van der Waals surface area contributed by atoms with E-state index in [-0.39, 0.29) is 11.9 Å². The molecule has 4 nitrogen and oxygen atoms in total. The Labute approximate surface area is 114 Å². The number of para-hydroxylation sites is 1. The van der Waals surface area contributed by atoms with Crippen LogP contribution in [-0.4, -0.2) is 30.5 Å². The number of nitrogens with two attached hydrogens (primary N) is 1. The van der Waals surface area contributed by atoms with E-state index in [1.165, 1.54) is 12.8 Å². The van der Waals surface area contributed by atoms with Crippen molar-refractivity contribution in [2.75, 3.05) is 19.4 Å². The maximum atomic E-state index is 12.6. The molecule has 2 N–H and O–H groups in total. The fraction of sp³-hybridized carbons (Fsp3) is 0.533. The number of carbonyl (C=O) groups is 1. The Morgan fingerprint density at radius 1 is 1.37 bits per heavy atom. The number of amides is 1. The van der Waals surface area contributed by atoms with Crippen LogP contribution in [0.5, 0.6) is 5.75 Å². The first kappa shape index (κ1) is 13.7. The van der Waals surface area contributed by atoms with E-state index in [1.807, 2.05) is 11.0 Å². The van der Waals surface area contributed by atoms with Gasteiger partial charge in [-0.15, -0.1) is 0 Å². The lowest BCUT2D eigenvalue weighted by Crippen LogP contribution is -2.38. The van der Waals surface area contributed by atoms with Gasteiger partial charge in [0.25, 0.3) is 5.91 Å². The zero-order valence-electron chi connectivity index (χ0n) is 11.7. The minimum atomic E-state index is 0.0193. The van der Waals surface area contributed by atoms with E-state index in [2.05, 4.69) is 6.92 Å². The molecule has 1 aromatic rings. The van der Waals surface area contributed by atoms with Crippen molar-refractivity contribution in [1.29, 1.82) is 0 Å². The smallest absolute Gasteiger partial charge is 0.256 e. The maximum Gasteiger partial charge on any atom is 0.256 e. The predicted molar refractivity (Wildman–Crippen MR) is 76.4 cm³/mol. The van der Waals surface area contributed by atoms with Gasteiger partial charge < -0.3 is 15.4 Å². The summed E-state index contributed by atoms with van der Waals surface area (Å²) >= 11 is 0. The van der Waals surface area contributed by atoms with Crippen LogP contribution in [0.25, 0.3) is 0 Å². The molecule has 1 aliphatic rings. The topological polar surface area (TPSA) is 55.6 Å². The predicted octanol–water partition coefficient (Wildman–Crippen LogP) is 2.68. The summed E-state index contributed by atoms with van der Waals surface area (Å²) in [6.45, 7) is 2.93. The van der Waals surface area contributed by atoms with Crippen LogP contribution < -0.4 is 10.5 Å². The van der Waals surface area contributed by atoms with Gasteiger partial charge in [0.05, 0.1) is 18.4 Å². The second-order valence-corrected chi connectivity index (χ2v) is 5.12. The average molecular weight is 262 g/mol. The van der Waals surface area contributed by atoms with Gasteiger partial charge in [-0.05, 0) is 31.9 Å². The molecule has 104 valence electrons. The first-order valence-electron chi connectivity index (χ1n) is 6.88. The molecule has 1 fully saturated rings. The van der Waals surface area contributed by atoms with E-state index in [4.69, 9.17) is 10.5 Å². The van der Waals surface area contributed by atoms with E-state index >= 15 is 0 Å². The van der Waals surface area contributed by atoms with Crippen LogP contribution in [0.3, 0.4) is 0 Å². The van der Waals surface area contributed by atoms with Crippen molar-refractivity contribution >= 4 is 11.6 Å². The highest BCUT2D eigenvalue weighted by Gasteiger charge is 2.25. The molecular weight excluding hydrogens is 240 g/mol. The van der Waals surface area contributed by atoms with Gasteiger partial charge >= 0.3 is 0 Å². The molecule has 0 bridgehead atoms. The van der Waals surface area contributed by atoms with Crippen LogP contribution in [0, 0.1) is 0 Å². The van der Waals surface area contributed by atoms with Crippen LogP contribution in [0.1, 0.15) is 43.0 Å². The molecule has 0 spiro atoms. The molecule has 1 aliphatic heterocycles. The second kappa shape index (κ2) is 5.95. The number of carbonyl (C=O) groups excluding carboxylic acids is 1. The summed E-state index contributed by atoms with van der Waals surface area (Å²) in [5.74, 6) is 0.583. The van der Waals surface area contributed by atoms with Crippen molar-refractivity contribution in [2.45, 2.75) is 38.6 Å². The Morgan fingerprint density at radius 2 is 2.16 bits per heavy atom. The van der Waals surface area contributed by atoms with E-state index < -0.39 is 0 Å². The Bertz CT molecular complexity index is 459. The third kappa shape index (κ3) is 2.83. The number of hydrogen-bond donors (Lipinski definition) is 1. The summed E-state index contributed by atoms with van der Waals surface area (Å²) in [5, 5.41) is 0. The van der Waals surface area contributed by atoms with Crippen molar-refractivity contribution in [3.63, 3.8) is 0 Å². The second-order valence-electron chi connectivity index (χ2n) is 5.12. The lowest BCUT2D eigenvalue weighted by molar-refractivity contribution is 0.0698. The van der Waals surface area contributed by atoms with Gasteiger partial charge in [-0.25, -0.2) is 0 Å². The third-order valence-electron chi connectivity index (χ3n) is 3.83. The monoisotopic (exact) mass is 262 g/mol. The van der Waals surface area contributed by atoms with Gasteiger partial charge in [0, 0.05) is 12.6 Å². The molecule has 1 atom stereocenters. The molecular formula is C15H22N2O2. The average Bonchev–Trinajstić information content (AvgIpc) is 2.63. The SMILES string of the molecule is COc1cccc(C(=O)N2CCCCCC2C)c1N. The number of ether oxygens (including phenoxy) is 1. The summed E-state index contributed by atoms with van der Waals surface area (Å²) in [7, 11) is 1.56. The zero-order valence-corrected chi connectivity index (χ0v) is 11.7. The number of nitrogen functional groups attached to an aromatic ring is 1. The molecule has 4 heteroatoms. The van der Waals surface area contributed by atoms with Gasteiger partial charge in [0.15, 0.2) is 0 Å². The number of nitrogens with zero attached hydrogens (tertiary/aromatic N) is 1. The lowest BCUT2D eigenvalue weighted by Gasteiger charge is -2.28. The van der Waals surface area contributed by atoms with Crippen molar-refractivity contribution in [1.82, 2.24) is 4.90 Å². The van der Waals surface area contributed by atoms with Crippen LogP contribution in [0.15, 0.2) is 18.2 Å². The number of rotatable bonds is 2. The van der Waals surface area contributed by atoms with Gasteiger partial charge in [0.2, 0.25) is 0 Å². The quantitative estimate of drug-likeness (QED) is 0.834. The Balaban J connectivity index is 2.27. The first-order valence-corrected chi connectivity index (χ1v) is 6.88. The Hall–Kier alpha value is -1.71. The molecule has 0 aliphatic carbocycles. The summed E-state index contributed by atoms with van der Waals surface area (Å²) < 4.78 is 5.18. The lowest BCUT2D eigenvalue weighted by atomic mass is 10.1. The fourth-order valence-electron chi connectivity index (χ4n) is 2.64. The normalized spacial score (nSPS) is 19.9. The summed E-state index contributed by atoms with van der Waals surface area (Å²) in [6.07, 6.45) is 4.52. The number of hydrogen-bond acceptors (Lipinski definition) is 3. The van der Waals surface area contributed by atoms with Gasteiger partial charge in [-0.2, -0.15) is 0 Å². The number of anilines is 1. The van der Waals surface area contributed by atoms with Crippen LogP contribution in [0.2, 0.25) is 0 Å². The van der Waals surface area contributed by atoms with Gasteiger partial charge in [-0.1, -0.05) is 18.9 Å². The highest BCUT2D eigenvalue weighted by Crippen LogP contribution is 2.27. The summed E-state index contributed by atoms with van der Waals surface area (Å²) in [5.41, 5.74) is 7.00. The van der Waals surface area contributed by atoms with Crippen molar-refractivity contribution < 1.29 is 9.53 Å². The van der Waals surface area contributed by atoms with E-state index in [9.17, 15) is 4.79 Å². The molecule has 0 saturated carbocycles. The zero-order chi connectivity index (χ0) is 13.8. The molecule has 1 unspecified atom stereocenters. The fourth-order valence-corrected chi connectivity index (χ4v) is 2.64. The minimum Gasteiger partial charge on any atom is -0.495 e.